The first kappa shape index (κ1) is 13.2. The van der Waals surface area contributed by atoms with E-state index in [-0.39, 0.29) is 4.90 Å². The van der Waals surface area contributed by atoms with Crippen LogP contribution in [0.1, 0.15) is 5.56 Å². The number of nitrogen functional groups attached to an aromatic ring is 1. The smallest absolute Gasteiger partial charge is 0.262 e. The van der Waals surface area contributed by atoms with Crippen molar-refractivity contribution >= 4 is 44.3 Å². The van der Waals surface area contributed by atoms with Gasteiger partial charge in [-0.2, -0.15) is 11.3 Å². The summed E-state index contributed by atoms with van der Waals surface area (Å²) in [4.78, 5) is 0.0960. The summed E-state index contributed by atoms with van der Waals surface area (Å²) in [6, 6.07) is 4.61. The summed E-state index contributed by atoms with van der Waals surface area (Å²) >= 11 is 7.25. The Balaban J connectivity index is 2.48. The van der Waals surface area contributed by atoms with Gasteiger partial charge in [0.1, 0.15) is 0 Å². The van der Waals surface area contributed by atoms with Crippen molar-refractivity contribution in [3.05, 3.63) is 39.5 Å². The van der Waals surface area contributed by atoms with Gasteiger partial charge in [-0.15, -0.1) is 0 Å². The fourth-order valence-corrected chi connectivity index (χ4v) is 3.79. The van der Waals surface area contributed by atoms with Gasteiger partial charge >= 0.3 is 0 Å². The molecule has 0 bridgehead atoms. The number of benzene rings is 1. The molecule has 2 rings (SSSR count). The second kappa shape index (κ2) is 4.79. The van der Waals surface area contributed by atoms with E-state index in [1.54, 1.807) is 23.8 Å². The summed E-state index contributed by atoms with van der Waals surface area (Å²) in [6.45, 7) is 1.65. The standard InChI is InChI=1S/C11H11ClN2O2S2/c1-7-10(13)4-8(12)5-11(7)18(15,16)14-9-2-3-17-6-9/h2-6,14H,13H2,1H3. The Morgan fingerprint density at radius 3 is 2.72 bits per heavy atom. The summed E-state index contributed by atoms with van der Waals surface area (Å²) in [7, 11) is -3.67. The minimum absolute atomic E-state index is 0.0960. The summed E-state index contributed by atoms with van der Waals surface area (Å²) in [5.41, 5.74) is 7.09. The van der Waals surface area contributed by atoms with E-state index >= 15 is 0 Å². The van der Waals surface area contributed by atoms with Crippen molar-refractivity contribution < 1.29 is 8.42 Å². The van der Waals surface area contributed by atoms with E-state index in [1.165, 1.54) is 23.5 Å². The highest BCUT2D eigenvalue weighted by Crippen LogP contribution is 2.27. The summed E-state index contributed by atoms with van der Waals surface area (Å²) in [5.74, 6) is 0. The van der Waals surface area contributed by atoms with Gasteiger partial charge in [0.05, 0.1) is 10.6 Å². The van der Waals surface area contributed by atoms with Crippen molar-refractivity contribution in [3.8, 4) is 0 Å². The number of thiophene rings is 1. The molecule has 0 aliphatic carbocycles. The zero-order valence-corrected chi connectivity index (χ0v) is 11.9. The van der Waals surface area contributed by atoms with E-state index in [4.69, 9.17) is 17.3 Å². The Morgan fingerprint density at radius 1 is 1.39 bits per heavy atom. The zero-order chi connectivity index (χ0) is 13.3. The second-order valence-electron chi connectivity index (χ2n) is 3.74. The van der Waals surface area contributed by atoms with Crippen molar-refractivity contribution in [1.29, 1.82) is 0 Å². The van der Waals surface area contributed by atoms with Gasteiger partial charge in [-0.3, -0.25) is 4.72 Å². The van der Waals surface area contributed by atoms with E-state index in [1.807, 2.05) is 0 Å². The quantitative estimate of drug-likeness (QED) is 0.856. The van der Waals surface area contributed by atoms with Crippen LogP contribution < -0.4 is 10.5 Å². The fraction of sp³-hybridized carbons (Fsp3) is 0.0909. The lowest BCUT2D eigenvalue weighted by Crippen LogP contribution is -2.14. The number of hydrogen-bond donors (Lipinski definition) is 2. The van der Waals surface area contributed by atoms with Crippen LogP contribution in [-0.2, 0) is 10.0 Å². The lowest BCUT2D eigenvalue weighted by atomic mass is 10.2. The highest BCUT2D eigenvalue weighted by Gasteiger charge is 2.19. The molecule has 0 atom stereocenters. The topological polar surface area (TPSA) is 72.2 Å². The first-order valence-electron chi connectivity index (χ1n) is 5.01. The van der Waals surface area contributed by atoms with Crippen LogP contribution in [0.2, 0.25) is 5.02 Å². The molecule has 1 aromatic carbocycles. The number of rotatable bonds is 3. The highest BCUT2D eigenvalue weighted by molar-refractivity contribution is 7.92. The molecule has 0 fully saturated rings. The lowest BCUT2D eigenvalue weighted by Gasteiger charge is -2.11. The maximum Gasteiger partial charge on any atom is 0.262 e. The van der Waals surface area contributed by atoms with Gasteiger partial charge in [0.2, 0.25) is 0 Å². The Morgan fingerprint density at radius 2 is 2.11 bits per heavy atom. The molecule has 0 radical (unpaired) electrons. The van der Waals surface area contributed by atoms with Gasteiger partial charge in [0, 0.05) is 16.1 Å². The molecule has 1 aromatic heterocycles. The molecule has 4 nitrogen and oxygen atoms in total. The number of sulfonamides is 1. The number of halogens is 1. The number of nitrogens with two attached hydrogens (primary N) is 1. The molecule has 0 aliphatic heterocycles. The molecule has 0 amide bonds. The largest absolute Gasteiger partial charge is 0.398 e. The number of hydrogen-bond acceptors (Lipinski definition) is 4. The molecule has 0 aliphatic rings. The molecule has 2 aromatic rings. The first-order chi connectivity index (χ1) is 8.40. The van der Waals surface area contributed by atoms with E-state index in [0.717, 1.165) is 0 Å². The molecule has 0 saturated carbocycles. The molecule has 1 heterocycles. The second-order valence-corrected chi connectivity index (χ2v) is 6.60. The predicted molar refractivity (Wildman–Crippen MR) is 75.7 cm³/mol. The number of anilines is 2. The molecule has 3 N–H and O–H groups in total. The molecule has 7 heteroatoms. The highest BCUT2D eigenvalue weighted by atomic mass is 35.5. The summed E-state index contributed by atoms with van der Waals surface area (Å²) < 4.78 is 26.9. The normalized spacial score (nSPS) is 11.4. The average Bonchev–Trinajstić information content (AvgIpc) is 2.75. The minimum atomic E-state index is -3.67. The van der Waals surface area contributed by atoms with Crippen LogP contribution in [0.4, 0.5) is 11.4 Å². The SMILES string of the molecule is Cc1c(N)cc(Cl)cc1S(=O)(=O)Nc1ccsc1. The van der Waals surface area contributed by atoms with Crippen LogP contribution in [0.25, 0.3) is 0 Å². The van der Waals surface area contributed by atoms with Crippen molar-refractivity contribution in [1.82, 2.24) is 0 Å². The molecular formula is C11H11ClN2O2S2. The van der Waals surface area contributed by atoms with Gasteiger partial charge in [0.15, 0.2) is 0 Å². The van der Waals surface area contributed by atoms with Crippen LogP contribution >= 0.6 is 22.9 Å². The van der Waals surface area contributed by atoms with E-state index in [9.17, 15) is 8.42 Å². The zero-order valence-electron chi connectivity index (χ0n) is 9.48. The van der Waals surface area contributed by atoms with Crippen LogP contribution in [-0.4, -0.2) is 8.42 Å². The average molecular weight is 303 g/mol. The summed E-state index contributed by atoms with van der Waals surface area (Å²) in [6.07, 6.45) is 0. The molecule has 0 unspecified atom stereocenters. The molecule has 18 heavy (non-hydrogen) atoms. The van der Waals surface area contributed by atoms with Gasteiger partial charge in [-0.25, -0.2) is 8.42 Å². The number of nitrogens with one attached hydrogen (secondary N) is 1. The van der Waals surface area contributed by atoms with Crippen LogP contribution in [0, 0.1) is 6.92 Å². The minimum Gasteiger partial charge on any atom is -0.398 e. The Bertz CT molecular complexity index is 667. The van der Waals surface area contributed by atoms with Crippen molar-refractivity contribution in [2.45, 2.75) is 11.8 Å². The van der Waals surface area contributed by atoms with E-state index < -0.39 is 10.0 Å². The van der Waals surface area contributed by atoms with Gasteiger partial charge < -0.3 is 5.73 Å². The Hall–Kier alpha value is -1.24. The molecule has 0 spiro atoms. The first-order valence-corrected chi connectivity index (χ1v) is 7.81. The van der Waals surface area contributed by atoms with Crippen LogP contribution in [0.3, 0.4) is 0 Å². The molecule has 96 valence electrons. The van der Waals surface area contributed by atoms with E-state index in [2.05, 4.69) is 4.72 Å². The third-order valence-electron chi connectivity index (χ3n) is 2.43. The van der Waals surface area contributed by atoms with Crippen molar-refractivity contribution in [2.24, 2.45) is 0 Å². The monoisotopic (exact) mass is 302 g/mol. The van der Waals surface area contributed by atoms with E-state index in [0.29, 0.717) is 22.0 Å². The molecule has 0 saturated heterocycles. The van der Waals surface area contributed by atoms with Crippen molar-refractivity contribution in [2.75, 3.05) is 10.5 Å². The summed E-state index contributed by atoms with van der Waals surface area (Å²) in [5, 5.41) is 3.79. The Labute approximate surface area is 114 Å². The van der Waals surface area contributed by atoms with Gasteiger partial charge in [-0.1, -0.05) is 11.6 Å². The fourth-order valence-electron chi connectivity index (χ4n) is 1.49. The lowest BCUT2D eigenvalue weighted by molar-refractivity contribution is 0.600. The molecular weight excluding hydrogens is 292 g/mol. The third kappa shape index (κ3) is 2.60. The van der Waals surface area contributed by atoms with Gasteiger partial charge in [-0.05, 0) is 36.1 Å². The van der Waals surface area contributed by atoms with Crippen LogP contribution in [0.15, 0.2) is 33.9 Å². The Kier molecular flexibility index (Phi) is 3.52. The van der Waals surface area contributed by atoms with Crippen molar-refractivity contribution in [3.63, 3.8) is 0 Å². The maximum absolute atomic E-state index is 12.2. The third-order valence-corrected chi connectivity index (χ3v) is 4.84. The predicted octanol–water partition coefficient (Wildman–Crippen LogP) is 3.09. The maximum atomic E-state index is 12.2. The van der Waals surface area contributed by atoms with Gasteiger partial charge in [0.25, 0.3) is 10.0 Å². The van der Waals surface area contributed by atoms with Crippen LogP contribution in [0.5, 0.6) is 0 Å².